The van der Waals surface area contributed by atoms with Gasteiger partial charge in [-0.2, -0.15) is 0 Å². The van der Waals surface area contributed by atoms with E-state index in [-0.39, 0.29) is 0 Å². The number of quaternary nitrogens is 2. The van der Waals surface area contributed by atoms with Crippen LogP contribution >= 0.6 is 0 Å². The molecule has 86 valence electrons. The van der Waals surface area contributed by atoms with E-state index >= 15 is 0 Å². The number of rotatable bonds is 11. The molecule has 0 amide bonds. The SMILES string of the molecule is [NH3+]CCCCCCCCCCCC[NH3+]. The van der Waals surface area contributed by atoms with Gasteiger partial charge in [0.05, 0.1) is 13.1 Å². The molecule has 0 rings (SSSR count). The van der Waals surface area contributed by atoms with E-state index in [9.17, 15) is 0 Å². The first kappa shape index (κ1) is 13.9. The standard InChI is InChI=1S/C12H28N2/c13-11-9-7-5-3-1-2-4-6-8-10-12-14/h1-14H2/p+2. The summed E-state index contributed by atoms with van der Waals surface area (Å²) in [7, 11) is 0. The molecule has 0 aromatic heterocycles. The Labute approximate surface area is 89.4 Å². The third-order valence-electron chi connectivity index (χ3n) is 2.75. The molecule has 0 bridgehead atoms. The van der Waals surface area contributed by atoms with Crippen LogP contribution in [0.2, 0.25) is 0 Å². The van der Waals surface area contributed by atoms with E-state index in [1.165, 1.54) is 64.2 Å². The van der Waals surface area contributed by atoms with Gasteiger partial charge in [-0.05, 0) is 25.7 Å². The summed E-state index contributed by atoms with van der Waals surface area (Å²) >= 11 is 0. The quantitative estimate of drug-likeness (QED) is 0.476. The minimum atomic E-state index is 1.12. The lowest BCUT2D eigenvalue weighted by atomic mass is 10.1. The summed E-state index contributed by atoms with van der Waals surface area (Å²) in [5, 5.41) is 0. The second-order valence-corrected chi connectivity index (χ2v) is 4.24. The molecule has 0 aromatic carbocycles. The predicted octanol–water partition coefficient (Wildman–Crippen LogP) is 1.37. The minimum absolute atomic E-state index is 1.12. The Morgan fingerprint density at radius 1 is 0.357 bits per heavy atom. The van der Waals surface area contributed by atoms with E-state index in [4.69, 9.17) is 0 Å². The second kappa shape index (κ2) is 12.9. The van der Waals surface area contributed by atoms with Gasteiger partial charge in [-0.1, -0.05) is 38.5 Å². The second-order valence-electron chi connectivity index (χ2n) is 4.24. The molecule has 2 heteroatoms. The largest absolute Gasteiger partial charge is 0.358 e. The van der Waals surface area contributed by atoms with Gasteiger partial charge >= 0.3 is 0 Å². The van der Waals surface area contributed by atoms with Gasteiger partial charge in [0, 0.05) is 0 Å². The molecule has 0 aliphatic heterocycles. The zero-order valence-electron chi connectivity index (χ0n) is 9.90. The molecule has 0 aromatic rings. The van der Waals surface area contributed by atoms with Crippen molar-refractivity contribution in [2.45, 2.75) is 64.2 Å². The minimum Gasteiger partial charge on any atom is -0.358 e. The van der Waals surface area contributed by atoms with Gasteiger partial charge in [0.15, 0.2) is 0 Å². The maximum atomic E-state index is 3.86. The summed E-state index contributed by atoms with van der Waals surface area (Å²) in [6.07, 6.45) is 14.1. The van der Waals surface area contributed by atoms with Gasteiger partial charge in [0.2, 0.25) is 0 Å². The van der Waals surface area contributed by atoms with E-state index in [0.29, 0.717) is 0 Å². The van der Waals surface area contributed by atoms with E-state index in [0.717, 1.165) is 13.1 Å². The highest BCUT2D eigenvalue weighted by molar-refractivity contribution is 4.47. The Balaban J connectivity index is 2.78. The van der Waals surface area contributed by atoms with Gasteiger partial charge < -0.3 is 11.5 Å². The van der Waals surface area contributed by atoms with Crippen molar-refractivity contribution in [1.82, 2.24) is 0 Å². The molecule has 0 fully saturated rings. The molecule has 0 aliphatic rings. The van der Waals surface area contributed by atoms with Crippen LogP contribution in [0, 0.1) is 0 Å². The van der Waals surface area contributed by atoms with Crippen LogP contribution in [0.3, 0.4) is 0 Å². The lowest BCUT2D eigenvalue weighted by Gasteiger charge is -2.00. The Kier molecular flexibility index (Phi) is 12.8. The smallest absolute Gasteiger partial charge is 0.0739 e. The Bertz CT molecular complexity index is 82.3. The molecular weight excluding hydrogens is 172 g/mol. The third-order valence-corrected chi connectivity index (χ3v) is 2.75. The van der Waals surface area contributed by atoms with Crippen molar-refractivity contribution < 1.29 is 11.5 Å². The van der Waals surface area contributed by atoms with Crippen molar-refractivity contribution in [3.63, 3.8) is 0 Å². The topological polar surface area (TPSA) is 55.3 Å². The summed E-state index contributed by atoms with van der Waals surface area (Å²) in [5.41, 5.74) is 7.71. The fourth-order valence-electron chi connectivity index (χ4n) is 1.77. The zero-order valence-corrected chi connectivity index (χ0v) is 9.90. The lowest BCUT2D eigenvalue weighted by molar-refractivity contribution is -0.368. The van der Waals surface area contributed by atoms with Crippen LogP contribution in [0.5, 0.6) is 0 Å². The molecule has 0 heterocycles. The van der Waals surface area contributed by atoms with Gasteiger partial charge in [0.1, 0.15) is 0 Å². The normalized spacial score (nSPS) is 10.7. The molecule has 0 saturated heterocycles. The molecule has 0 spiro atoms. The molecule has 0 aliphatic carbocycles. The zero-order chi connectivity index (χ0) is 10.5. The Hall–Kier alpha value is -0.0800. The van der Waals surface area contributed by atoms with Crippen molar-refractivity contribution >= 4 is 0 Å². The summed E-state index contributed by atoms with van der Waals surface area (Å²) in [6.45, 7) is 2.23. The molecule has 6 N–H and O–H groups in total. The van der Waals surface area contributed by atoms with Crippen molar-refractivity contribution in [1.29, 1.82) is 0 Å². The first-order chi connectivity index (χ1) is 6.91. The fourth-order valence-corrected chi connectivity index (χ4v) is 1.77. The van der Waals surface area contributed by atoms with Crippen LogP contribution < -0.4 is 11.5 Å². The van der Waals surface area contributed by atoms with Crippen molar-refractivity contribution in [2.75, 3.05) is 13.1 Å². The van der Waals surface area contributed by atoms with Crippen LogP contribution in [-0.2, 0) is 0 Å². The first-order valence-electron chi connectivity index (χ1n) is 6.50. The van der Waals surface area contributed by atoms with Crippen LogP contribution in [0.1, 0.15) is 64.2 Å². The van der Waals surface area contributed by atoms with Crippen molar-refractivity contribution in [3.8, 4) is 0 Å². The Morgan fingerprint density at radius 2 is 0.571 bits per heavy atom. The van der Waals surface area contributed by atoms with Gasteiger partial charge in [-0.15, -0.1) is 0 Å². The van der Waals surface area contributed by atoms with E-state index < -0.39 is 0 Å². The predicted molar refractivity (Wildman–Crippen MR) is 61.7 cm³/mol. The van der Waals surface area contributed by atoms with Gasteiger partial charge in [-0.25, -0.2) is 0 Å². The number of unbranched alkanes of at least 4 members (excludes halogenated alkanes) is 9. The summed E-state index contributed by atoms with van der Waals surface area (Å²) < 4.78 is 0. The molecule has 0 unspecified atom stereocenters. The first-order valence-corrected chi connectivity index (χ1v) is 6.50. The summed E-state index contributed by atoms with van der Waals surface area (Å²) in [6, 6.07) is 0. The molecule has 0 saturated carbocycles. The molecule has 14 heavy (non-hydrogen) atoms. The van der Waals surface area contributed by atoms with Crippen LogP contribution in [-0.4, -0.2) is 13.1 Å². The van der Waals surface area contributed by atoms with Crippen LogP contribution in [0.25, 0.3) is 0 Å². The van der Waals surface area contributed by atoms with E-state index in [2.05, 4.69) is 11.5 Å². The van der Waals surface area contributed by atoms with Gasteiger partial charge in [-0.3, -0.25) is 0 Å². The molecule has 2 nitrogen and oxygen atoms in total. The van der Waals surface area contributed by atoms with E-state index in [1.807, 2.05) is 0 Å². The van der Waals surface area contributed by atoms with E-state index in [1.54, 1.807) is 0 Å². The maximum absolute atomic E-state index is 3.86. The maximum Gasteiger partial charge on any atom is 0.0739 e. The monoisotopic (exact) mass is 202 g/mol. The highest BCUT2D eigenvalue weighted by Crippen LogP contribution is 2.09. The van der Waals surface area contributed by atoms with Crippen LogP contribution in [0.15, 0.2) is 0 Å². The fraction of sp³-hybridized carbons (Fsp3) is 1.00. The van der Waals surface area contributed by atoms with Gasteiger partial charge in [0.25, 0.3) is 0 Å². The highest BCUT2D eigenvalue weighted by atomic mass is 14.5. The Morgan fingerprint density at radius 3 is 0.786 bits per heavy atom. The number of hydrogen-bond donors (Lipinski definition) is 2. The lowest BCUT2D eigenvalue weighted by Crippen LogP contribution is -2.50. The van der Waals surface area contributed by atoms with Crippen molar-refractivity contribution in [3.05, 3.63) is 0 Å². The number of hydrogen-bond acceptors (Lipinski definition) is 0. The summed E-state index contributed by atoms with van der Waals surface area (Å²) in [5.74, 6) is 0. The third kappa shape index (κ3) is 11.9. The highest BCUT2D eigenvalue weighted by Gasteiger charge is 1.92. The summed E-state index contributed by atoms with van der Waals surface area (Å²) in [4.78, 5) is 0. The molecular formula is C12H30N2+2. The van der Waals surface area contributed by atoms with Crippen molar-refractivity contribution in [2.24, 2.45) is 0 Å². The average Bonchev–Trinajstić information content (AvgIpc) is 2.21. The molecule has 0 atom stereocenters. The average molecular weight is 202 g/mol. The molecule has 0 radical (unpaired) electrons. The van der Waals surface area contributed by atoms with Crippen LogP contribution in [0.4, 0.5) is 0 Å².